The molecular formula is C15H20BrN3S. The van der Waals surface area contributed by atoms with E-state index in [0.29, 0.717) is 5.92 Å². The van der Waals surface area contributed by atoms with Crippen molar-refractivity contribution < 1.29 is 0 Å². The number of aromatic nitrogens is 3. The summed E-state index contributed by atoms with van der Waals surface area (Å²) in [6.45, 7) is 7.51. The highest BCUT2D eigenvalue weighted by Gasteiger charge is 2.14. The van der Waals surface area contributed by atoms with Gasteiger partial charge in [0.05, 0.1) is 0 Å². The SMILES string of the molecule is CCCn1c(SCc2cccc(Br)c2)nnc1C(C)C. The summed E-state index contributed by atoms with van der Waals surface area (Å²) in [6.07, 6.45) is 1.10. The van der Waals surface area contributed by atoms with Crippen LogP contribution in [0.15, 0.2) is 33.9 Å². The quantitative estimate of drug-likeness (QED) is 0.694. The maximum atomic E-state index is 4.36. The zero-order valence-corrected chi connectivity index (χ0v) is 14.5. The molecule has 0 bridgehead atoms. The fourth-order valence-corrected chi connectivity index (χ4v) is 3.40. The Balaban J connectivity index is 2.13. The van der Waals surface area contributed by atoms with Crippen LogP contribution in [-0.2, 0) is 12.3 Å². The molecule has 0 saturated heterocycles. The summed E-state index contributed by atoms with van der Waals surface area (Å²) >= 11 is 5.26. The number of nitrogens with zero attached hydrogens (tertiary/aromatic N) is 3. The second-order valence-electron chi connectivity index (χ2n) is 5.07. The lowest BCUT2D eigenvalue weighted by Gasteiger charge is -2.10. The molecule has 0 fully saturated rings. The topological polar surface area (TPSA) is 30.7 Å². The van der Waals surface area contributed by atoms with Gasteiger partial charge in [0.2, 0.25) is 0 Å². The van der Waals surface area contributed by atoms with Gasteiger partial charge in [0.25, 0.3) is 0 Å². The average Bonchev–Trinajstić information content (AvgIpc) is 2.80. The van der Waals surface area contributed by atoms with E-state index in [1.807, 2.05) is 6.07 Å². The monoisotopic (exact) mass is 353 g/mol. The second-order valence-corrected chi connectivity index (χ2v) is 6.92. The lowest BCUT2D eigenvalue weighted by atomic mass is 10.2. The van der Waals surface area contributed by atoms with E-state index in [-0.39, 0.29) is 0 Å². The number of benzene rings is 1. The van der Waals surface area contributed by atoms with Crippen LogP contribution in [0, 0.1) is 0 Å². The fraction of sp³-hybridized carbons (Fsp3) is 0.467. The summed E-state index contributed by atoms with van der Waals surface area (Å²) in [5, 5.41) is 9.73. The molecule has 3 nitrogen and oxygen atoms in total. The maximum absolute atomic E-state index is 4.36. The van der Waals surface area contributed by atoms with Gasteiger partial charge in [-0.15, -0.1) is 10.2 Å². The van der Waals surface area contributed by atoms with Crippen molar-refractivity contribution in [2.75, 3.05) is 0 Å². The van der Waals surface area contributed by atoms with Gasteiger partial charge in [-0.3, -0.25) is 0 Å². The number of rotatable bonds is 6. The first kappa shape index (κ1) is 15.6. The molecule has 0 aliphatic rings. The Morgan fingerprint density at radius 3 is 2.75 bits per heavy atom. The minimum absolute atomic E-state index is 0.411. The molecule has 108 valence electrons. The molecule has 0 amide bonds. The molecular weight excluding hydrogens is 334 g/mol. The van der Waals surface area contributed by atoms with Crippen LogP contribution in [0.3, 0.4) is 0 Å². The predicted molar refractivity (Wildman–Crippen MR) is 88.1 cm³/mol. The third kappa shape index (κ3) is 3.85. The highest BCUT2D eigenvalue weighted by molar-refractivity contribution is 9.10. The Kier molecular flexibility index (Phi) is 5.66. The Hall–Kier alpha value is -0.810. The molecule has 0 atom stereocenters. The van der Waals surface area contributed by atoms with E-state index in [4.69, 9.17) is 0 Å². The normalized spacial score (nSPS) is 11.2. The first-order valence-corrected chi connectivity index (χ1v) is 8.70. The van der Waals surface area contributed by atoms with Crippen molar-refractivity contribution in [2.24, 2.45) is 0 Å². The van der Waals surface area contributed by atoms with Crippen LogP contribution >= 0.6 is 27.7 Å². The van der Waals surface area contributed by atoms with E-state index < -0.39 is 0 Å². The van der Waals surface area contributed by atoms with Crippen molar-refractivity contribution in [3.8, 4) is 0 Å². The van der Waals surface area contributed by atoms with Crippen molar-refractivity contribution in [1.29, 1.82) is 0 Å². The molecule has 2 rings (SSSR count). The minimum atomic E-state index is 0.411. The van der Waals surface area contributed by atoms with Crippen LogP contribution < -0.4 is 0 Å². The molecule has 5 heteroatoms. The van der Waals surface area contributed by atoms with E-state index in [9.17, 15) is 0 Å². The van der Waals surface area contributed by atoms with Gasteiger partial charge >= 0.3 is 0 Å². The van der Waals surface area contributed by atoms with Gasteiger partial charge in [-0.1, -0.05) is 60.6 Å². The third-order valence-corrected chi connectivity index (χ3v) is 4.50. The first-order chi connectivity index (χ1) is 9.61. The van der Waals surface area contributed by atoms with Gasteiger partial charge < -0.3 is 4.57 Å². The highest BCUT2D eigenvalue weighted by atomic mass is 79.9. The van der Waals surface area contributed by atoms with E-state index in [1.165, 1.54) is 5.56 Å². The summed E-state index contributed by atoms with van der Waals surface area (Å²) in [5.74, 6) is 2.41. The molecule has 1 aromatic carbocycles. The summed E-state index contributed by atoms with van der Waals surface area (Å²) < 4.78 is 3.38. The van der Waals surface area contributed by atoms with Crippen LogP contribution in [0.2, 0.25) is 0 Å². The molecule has 0 radical (unpaired) electrons. The summed E-state index contributed by atoms with van der Waals surface area (Å²) in [7, 11) is 0. The highest BCUT2D eigenvalue weighted by Crippen LogP contribution is 2.25. The molecule has 20 heavy (non-hydrogen) atoms. The largest absolute Gasteiger partial charge is 0.306 e. The lowest BCUT2D eigenvalue weighted by Crippen LogP contribution is -2.06. The Morgan fingerprint density at radius 2 is 2.10 bits per heavy atom. The maximum Gasteiger partial charge on any atom is 0.191 e. The van der Waals surface area contributed by atoms with E-state index >= 15 is 0 Å². The lowest BCUT2D eigenvalue weighted by molar-refractivity contribution is 0.572. The number of hydrogen-bond acceptors (Lipinski definition) is 3. The first-order valence-electron chi connectivity index (χ1n) is 6.92. The standard InChI is InChI=1S/C15H20BrN3S/c1-4-8-19-14(11(2)3)17-18-15(19)20-10-12-6-5-7-13(16)9-12/h5-7,9,11H,4,8,10H2,1-3H3. The third-order valence-electron chi connectivity index (χ3n) is 2.97. The van der Waals surface area contributed by atoms with Gasteiger partial charge in [-0.05, 0) is 24.1 Å². The van der Waals surface area contributed by atoms with E-state index in [2.05, 4.69) is 69.7 Å². The van der Waals surface area contributed by atoms with Gasteiger partial charge in [-0.25, -0.2) is 0 Å². The number of halogens is 1. The summed E-state index contributed by atoms with van der Waals surface area (Å²) in [5.41, 5.74) is 1.29. The number of hydrogen-bond donors (Lipinski definition) is 0. The van der Waals surface area contributed by atoms with Crippen LogP contribution in [0.4, 0.5) is 0 Å². The van der Waals surface area contributed by atoms with Crippen LogP contribution in [0.1, 0.15) is 44.5 Å². The zero-order valence-electron chi connectivity index (χ0n) is 12.1. The molecule has 0 unspecified atom stereocenters. The van der Waals surface area contributed by atoms with Crippen molar-refractivity contribution in [3.05, 3.63) is 40.1 Å². The molecule has 1 aromatic heterocycles. The van der Waals surface area contributed by atoms with E-state index in [0.717, 1.165) is 34.2 Å². The van der Waals surface area contributed by atoms with Gasteiger partial charge in [-0.2, -0.15) is 0 Å². The van der Waals surface area contributed by atoms with Crippen molar-refractivity contribution in [2.45, 2.75) is 50.6 Å². The number of thioether (sulfide) groups is 1. The Bertz CT molecular complexity index is 566. The smallest absolute Gasteiger partial charge is 0.191 e. The van der Waals surface area contributed by atoms with E-state index in [1.54, 1.807) is 11.8 Å². The average molecular weight is 354 g/mol. The zero-order chi connectivity index (χ0) is 14.5. The van der Waals surface area contributed by atoms with Crippen LogP contribution in [-0.4, -0.2) is 14.8 Å². The Morgan fingerprint density at radius 1 is 1.30 bits per heavy atom. The minimum Gasteiger partial charge on any atom is -0.306 e. The molecule has 0 aliphatic carbocycles. The summed E-state index contributed by atoms with van der Waals surface area (Å²) in [4.78, 5) is 0. The molecule has 0 N–H and O–H groups in total. The Labute approximate surface area is 133 Å². The predicted octanol–water partition coefficient (Wildman–Crippen LogP) is 4.87. The molecule has 2 aromatic rings. The summed E-state index contributed by atoms with van der Waals surface area (Å²) in [6, 6.07) is 8.40. The van der Waals surface area contributed by atoms with Gasteiger partial charge in [0.1, 0.15) is 5.82 Å². The molecule has 1 heterocycles. The van der Waals surface area contributed by atoms with Gasteiger partial charge in [0, 0.05) is 22.7 Å². The van der Waals surface area contributed by atoms with Crippen molar-refractivity contribution in [1.82, 2.24) is 14.8 Å². The second kappa shape index (κ2) is 7.27. The molecule has 0 saturated carbocycles. The molecule has 0 aliphatic heterocycles. The fourth-order valence-electron chi connectivity index (χ4n) is 2.04. The van der Waals surface area contributed by atoms with Crippen LogP contribution in [0.25, 0.3) is 0 Å². The van der Waals surface area contributed by atoms with Crippen molar-refractivity contribution in [3.63, 3.8) is 0 Å². The molecule has 0 spiro atoms. The van der Waals surface area contributed by atoms with Gasteiger partial charge in [0.15, 0.2) is 5.16 Å². The van der Waals surface area contributed by atoms with Crippen molar-refractivity contribution >= 4 is 27.7 Å². The van der Waals surface area contributed by atoms with Crippen LogP contribution in [0.5, 0.6) is 0 Å².